The Kier molecular flexibility index (Phi) is 6.21. The number of hydrogen-bond acceptors (Lipinski definition) is 6. The SMILES string of the molecule is CC(CCn1cc(-c2ccccc2Br)nn1)(CS(=O)[O-])C(=O)NO. The topological polar surface area (TPSA) is 120 Å². The lowest BCUT2D eigenvalue weighted by Crippen LogP contribution is -2.42. The zero-order chi connectivity index (χ0) is 17.7. The Morgan fingerprint density at radius 1 is 1.50 bits per heavy atom. The fourth-order valence-corrected chi connectivity index (χ4v) is 3.49. The molecule has 0 bridgehead atoms. The molecule has 130 valence electrons. The lowest BCUT2D eigenvalue weighted by molar-refractivity contribution is -0.138. The zero-order valence-corrected chi connectivity index (χ0v) is 15.2. The van der Waals surface area contributed by atoms with Crippen LogP contribution in [0, 0.1) is 5.41 Å². The third kappa shape index (κ3) is 4.47. The van der Waals surface area contributed by atoms with E-state index < -0.39 is 28.2 Å². The van der Waals surface area contributed by atoms with Gasteiger partial charge >= 0.3 is 0 Å². The second-order valence-corrected chi connectivity index (χ2v) is 7.30. The third-order valence-corrected chi connectivity index (χ3v) is 5.23. The van der Waals surface area contributed by atoms with E-state index in [9.17, 15) is 13.6 Å². The van der Waals surface area contributed by atoms with E-state index in [1.54, 1.807) is 6.20 Å². The van der Waals surface area contributed by atoms with Crippen molar-refractivity contribution in [2.45, 2.75) is 19.9 Å². The minimum Gasteiger partial charge on any atom is -0.772 e. The second-order valence-electron chi connectivity index (χ2n) is 5.55. The smallest absolute Gasteiger partial charge is 0.250 e. The molecule has 0 saturated carbocycles. The van der Waals surface area contributed by atoms with Crippen molar-refractivity contribution >= 4 is 32.9 Å². The summed E-state index contributed by atoms with van der Waals surface area (Å²) < 4.78 is 24.4. The molecule has 0 aliphatic heterocycles. The number of hydroxylamine groups is 1. The van der Waals surface area contributed by atoms with Crippen LogP contribution in [-0.4, -0.2) is 40.6 Å². The molecule has 24 heavy (non-hydrogen) atoms. The lowest BCUT2D eigenvalue weighted by atomic mass is 9.88. The monoisotopic (exact) mass is 415 g/mol. The Hall–Kier alpha value is -1.62. The number of hydrogen-bond donors (Lipinski definition) is 2. The summed E-state index contributed by atoms with van der Waals surface area (Å²) >= 11 is 1.03. The lowest BCUT2D eigenvalue weighted by Gasteiger charge is -2.27. The van der Waals surface area contributed by atoms with Gasteiger partial charge in [0.2, 0.25) is 5.91 Å². The molecule has 1 heterocycles. The van der Waals surface area contributed by atoms with Gasteiger partial charge in [-0.3, -0.25) is 18.9 Å². The highest BCUT2D eigenvalue weighted by Crippen LogP contribution is 2.27. The van der Waals surface area contributed by atoms with Crippen LogP contribution in [0.25, 0.3) is 11.3 Å². The van der Waals surface area contributed by atoms with Gasteiger partial charge in [0.1, 0.15) is 5.69 Å². The molecule has 0 saturated heterocycles. The summed E-state index contributed by atoms with van der Waals surface area (Å²) in [6.45, 7) is 1.75. The number of halogens is 1. The summed E-state index contributed by atoms with van der Waals surface area (Å²) in [5.41, 5.74) is 1.79. The predicted octanol–water partition coefficient (Wildman–Crippen LogP) is 1.49. The molecule has 2 atom stereocenters. The Morgan fingerprint density at radius 3 is 2.83 bits per heavy atom. The molecule has 10 heteroatoms. The van der Waals surface area contributed by atoms with Crippen LogP contribution < -0.4 is 5.48 Å². The Bertz CT molecular complexity index is 754. The van der Waals surface area contributed by atoms with Gasteiger partial charge in [0.15, 0.2) is 0 Å². The first kappa shape index (κ1) is 18.7. The molecule has 0 radical (unpaired) electrons. The number of carbonyl (C=O) groups is 1. The van der Waals surface area contributed by atoms with Gasteiger partial charge in [-0.05, 0) is 19.4 Å². The van der Waals surface area contributed by atoms with E-state index in [1.807, 2.05) is 24.3 Å². The van der Waals surface area contributed by atoms with Crippen molar-refractivity contribution in [3.63, 3.8) is 0 Å². The summed E-state index contributed by atoms with van der Waals surface area (Å²) in [4.78, 5) is 11.8. The van der Waals surface area contributed by atoms with Crippen LogP contribution in [0.1, 0.15) is 13.3 Å². The van der Waals surface area contributed by atoms with Gasteiger partial charge in [0.05, 0.1) is 11.6 Å². The third-order valence-electron chi connectivity index (χ3n) is 3.67. The van der Waals surface area contributed by atoms with Gasteiger partial charge in [-0.2, -0.15) is 0 Å². The van der Waals surface area contributed by atoms with Gasteiger partial charge < -0.3 is 4.55 Å². The van der Waals surface area contributed by atoms with Crippen LogP contribution in [-0.2, 0) is 22.4 Å². The van der Waals surface area contributed by atoms with E-state index in [1.165, 1.54) is 17.1 Å². The van der Waals surface area contributed by atoms with Gasteiger partial charge in [-0.15, -0.1) is 5.10 Å². The Labute approximate surface area is 149 Å². The zero-order valence-electron chi connectivity index (χ0n) is 12.8. The number of carbonyl (C=O) groups excluding carboxylic acids is 1. The summed E-state index contributed by atoms with van der Waals surface area (Å²) in [6.07, 6.45) is 1.89. The molecule has 0 fully saturated rings. The van der Waals surface area contributed by atoms with E-state index in [0.29, 0.717) is 5.69 Å². The number of rotatable bonds is 7. The average Bonchev–Trinajstić information content (AvgIpc) is 3.00. The largest absolute Gasteiger partial charge is 0.772 e. The molecule has 2 N–H and O–H groups in total. The van der Waals surface area contributed by atoms with Crippen molar-refractivity contribution < 1.29 is 18.8 Å². The molecule has 0 aliphatic carbocycles. The van der Waals surface area contributed by atoms with Crippen LogP contribution >= 0.6 is 15.9 Å². The maximum absolute atomic E-state index is 11.8. The van der Waals surface area contributed by atoms with Crippen LogP contribution in [0.15, 0.2) is 34.9 Å². The molecule has 1 aromatic heterocycles. The summed E-state index contributed by atoms with van der Waals surface area (Å²) in [5, 5.41) is 16.9. The number of nitrogens with one attached hydrogen (secondary N) is 1. The van der Waals surface area contributed by atoms with Crippen molar-refractivity contribution in [2.24, 2.45) is 5.41 Å². The minimum absolute atomic E-state index is 0.173. The molecule has 2 aromatic rings. The van der Waals surface area contributed by atoms with Gasteiger partial charge in [-0.1, -0.05) is 50.4 Å². The molecule has 1 amide bonds. The predicted molar refractivity (Wildman–Crippen MR) is 89.6 cm³/mol. The number of aryl methyl sites for hydroxylation is 1. The van der Waals surface area contributed by atoms with Crippen molar-refractivity contribution in [1.82, 2.24) is 20.5 Å². The van der Waals surface area contributed by atoms with E-state index in [0.717, 1.165) is 10.0 Å². The van der Waals surface area contributed by atoms with E-state index >= 15 is 0 Å². The van der Waals surface area contributed by atoms with Crippen LogP contribution in [0.2, 0.25) is 0 Å². The molecule has 1 aromatic carbocycles. The molecule has 2 rings (SSSR count). The Balaban J connectivity index is 2.13. The highest BCUT2D eigenvalue weighted by Gasteiger charge is 2.33. The first-order valence-electron chi connectivity index (χ1n) is 7.01. The minimum atomic E-state index is -2.42. The first-order chi connectivity index (χ1) is 11.4. The summed E-state index contributed by atoms with van der Waals surface area (Å²) in [6, 6.07) is 7.55. The molecule has 0 aliphatic rings. The first-order valence-corrected chi connectivity index (χ1v) is 9.05. The fourth-order valence-electron chi connectivity index (χ4n) is 2.21. The quantitative estimate of drug-likeness (QED) is 0.401. The average molecular weight is 416 g/mol. The normalized spacial score (nSPS) is 14.8. The van der Waals surface area contributed by atoms with Crippen molar-refractivity contribution in [1.29, 1.82) is 0 Å². The van der Waals surface area contributed by atoms with Crippen molar-refractivity contribution in [3.05, 3.63) is 34.9 Å². The summed E-state index contributed by atoms with van der Waals surface area (Å²) in [5.74, 6) is -1.15. The Morgan fingerprint density at radius 2 is 2.21 bits per heavy atom. The molecule has 8 nitrogen and oxygen atoms in total. The molecule has 2 unspecified atom stereocenters. The standard InChI is InChI=1S/C14H17BrN4O4S/c1-14(9-24(22)23,13(20)17-21)6-7-19-8-12(16-18-19)10-4-2-3-5-11(10)15/h2-5,8,21H,6-7,9H2,1H3,(H,17,20)(H,22,23)/p-1. The maximum atomic E-state index is 11.8. The molecular formula is C14H16BrN4O4S-. The van der Waals surface area contributed by atoms with Crippen LogP contribution in [0.4, 0.5) is 0 Å². The maximum Gasteiger partial charge on any atom is 0.250 e. The van der Waals surface area contributed by atoms with E-state index in [-0.39, 0.29) is 13.0 Å². The number of amides is 1. The van der Waals surface area contributed by atoms with Crippen LogP contribution in [0.3, 0.4) is 0 Å². The second kappa shape index (κ2) is 7.97. The van der Waals surface area contributed by atoms with Gasteiger partial charge in [0.25, 0.3) is 0 Å². The summed E-state index contributed by atoms with van der Waals surface area (Å²) in [7, 11) is 0. The van der Waals surface area contributed by atoms with Gasteiger partial charge in [0, 0.05) is 22.3 Å². The number of benzene rings is 1. The molecule has 0 spiro atoms. The van der Waals surface area contributed by atoms with Crippen LogP contribution in [0.5, 0.6) is 0 Å². The van der Waals surface area contributed by atoms with Gasteiger partial charge in [-0.25, -0.2) is 5.48 Å². The van der Waals surface area contributed by atoms with Crippen molar-refractivity contribution in [3.8, 4) is 11.3 Å². The number of aromatic nitrogens is 3. The fraction of sp³-hybridized carbons (Fsp3) is 0.357. The highest BCUT2D eigenvalue weighted by atomic mass is 79.9. The highest BCUT2D eigenvalue weighted by molar-refractivity contribution is 9.10. The van der Waals surface area contributed by atoms with E-state index in [4.69, 9.17) is 5.21 Å². The van der Waals surface area contributed by atoms with E-state index in [2.05, 4.69) is 26.2 Å². The van der Waals surface area contributed by atoms with Crippen molar-refractivity contribution in [2.75, 3.05) is 5.75 Å². The number of nitrogens with zero attached hydrogens (tertiary/aromatic N) is 3. The molecular weight excluding hydrogens is 400 g/mol.